The van der Waals surface area contributed by atoms with Crippen LogP contribution in [0, 0.1) is 0 Å². The van der Waals surface area contributed by atoms with E-state index in [1.54, 1.807) is 13.1 Å². The summed E-state index contributed by atoms with van der Waals surface area (Å²) in [6.07, 6.45) is 0. The van der Waals surface area contributed by atoms with Gasteiger partial charge < -0.3 is 20.3 Å². The van der Waals surface area contributed by atoms with Gasteiger partial charge in [-0.05, 0) is 24.3 Å². The zero-order valence-electron chi connectivity index (χ0n) is 14.2. The number of primary amides is 1. The number of phenolic OH excluding ortho intramolecular Hbond substituents is 1. The van der Waals surface area contributed by atoms with Crippen molar-refractivity contribution in [2.75, 3.05) is 7.11 Å². The van der Waals surface area contributed by atoms with E-state index in [1.807, 2.05) is 0 Å². The number of carbonyl (C=O) groups is 1. The van der Waals surface area contributed by atoms with Crippen molar-refractivity contribution in [3.63, 3.8) is 0 Å². The van der Waals surface area contributed by atoms with Crippen LogP contribution in [0.5, 0.6) is 17.2 Å². The predicted octanol–water partition coefficient (Wildman–Crippen LogP) is 3.42. The molecule has 0 unspecified atom stereocenters. The fraction of sp³-hybridized carbons (Fsp3) is 0.176. The van der Waals surface area contributed by atoms with Crippen LogP contribution in [-0.2, 0) is 7.05 Å². The molecule has 0 aliphatic heterocycles. The van der Waals surface area contributed by atoms with E-state index in [1.165, 1.54) is 30.0 Å². The third kappa shape index (κ3) is 3.39. The average molecular weight is 442 g/mol. The minimum atomic E-state index is -3.17. The molecule has 0 saturated carbocycles. The molecule has 1 amide bonds. The molecule has 0 bridgehead atoms. The number of aromatic hydroxyl groups is 1. The zero-order valence-corrected chi connectivity index (χ0v) is 15.8. The smallest absolute Gasteiger partial charge is 0.387 e. The van der Waals surface area contributed by atoms with Crippen molar-refractivity contribution >= 4 is 32.7 Å². The molecule has 3 N–H and O–H groups in total. The first-order valence-corrected chi connectivity index (χ1v) is 8.34. The predicted molar refractivity (Wildman–Crippen MR) is 97.2 cm³/mol. The number of ether oxygens (including phenoxy) is 2. The Hall–Kier alpha value is -2.88. The van der Waals surface area contributed by atoms with Gasteiger partial charge in [0.2, 0.25) is 0 Å². The molecule has 0 aliphatic carbocycles. The Labute approximate surface area is 160 Å². The maximum atomic E-state index is 12.8. The van der Waals surface area contributed by atoms with Crippen LogP contribution < -0.4 is 15.2 Å². The zero-order chi connectivity index (χ0) is 19.9. The molecule has 0 radical (unpaired) electrons. The van der Waals surface area contributed by atoms with Gasteiger partial charge in [-0.25, -0.2) is 0 Å². The van der Waals surface area contributed by atoms with E-state index < -0.39 is 18.3 Å². The molecular weight excluding hydrogens is 428 g/mol. The Morgan fingerprint density at radius 2 is 1.96 bits per heavy atom. The number of nitrogens with two attached hydrogens (primary N) is 1. The Morgan fingerprint density at radius 1 is 1.30 bits per heavy atom. The standard InChI is InChI=1S/C17H14BrF2N3O4/c1-23-15(13-9(22-23)5-8(18)6-10(13)24)7-3-11(26-2)14(16(21)25)12(4-7)27-17(19)20/h3-6,17,24H,1-2H3,(H2,21,25). The van der Waals surface area contributed by atoms with E-state index in [0.29, 0.717) is 26.6 Å². The number of amides is 1. The molecule has 0 aliphatic rings. The number of alkyl halides is 2. The van der Waals surface area contributed by atoms with E-state index in [9.17, 15) is 18.7 Å². The second-order valence-electron chi connectivity index (χ2n) is 5.59. The molecule has 0 atom stereocenters. The van der Waals surface area contributed by atoms with Gasteiger partial charge in [-0.3, -0.25) is 9.48 Å². The molecule has 0 fully saturated rings. The van der Waals surface area contributed by atoms with Crippen LogP contribution in [-0.4, -0.2) is 34.5 Å². The number of carbonyl (C=O) groups excluding carboxylic acids is 1. The second kappa shape index (κ2) is 7.03. The lowest BCUT2D eigenvalue weighted by Crippen LogP contribution is -2.16. The van der Waals surface area contributed by atoms with Crippen molar-refractivity contribution in [3.05, 3.63) is 34.3 Å². The summed E-state index contributed by atoms with van der Waals surface area (Å²) in [6, 6.07) is 5.85. The Bertz CT molecular complexity index is 1050. The number of hydrogen-bond donors (Lipinski definition) is 2. The summed E-state index contributed by atoms with van der Waals surface area (Å²) in [5.41, 5.74) is 6.23. The number of hydrogen-bond acceptors (Lipinski definition) is 5. The number of nitrogens with zero attached hydrogens (tertiary/aromatic N) is 2. The van der Waals surface area contributed by atoms with Gasteiger partial charge in [0.05, 0.1) is 23.7 Å². The van der Waals surface area contributed by atoms with Crippen molar-refractivity contribution < 1.29 is 28.2 Å². The molecule has 3 aromatic rings. The highest BCUT2D eigenvalue weighted by Gasteiger charge is 2.24. The van der Waals surface area contributed by atoms with Crippen LogP contribution >= 0.6 is 15.9 Å². The first-order chi connectivity index (χ1) is 12.7. The fourth-order valence-corrected chi connectivity index (χ4v) is 3.36. The van der Waals surface area contributed by atoms with Crippen LogP contribution in [0.1, 0.15) is 10.4 Å². The minimum absolute atomic E-state index is 0.0402. The van der Waals surface area contributed by atoms with Crippen molar-refractivity contribution in [2.24, 2.45) is 12.8 Å². The molecule has 10 heteroatoms. The second-order valence-corrected chi connectivity index (χ2v) is 6.50. The summed E-state index contributed by atoms with van der Waals surface area (Å²) >= 11 is 3.28. The fourth-order valence-electron chi connectivity index (χ4n) is 2.92. The first-order valence-electron chi connectivity index (χ1n) is 7.55. The molecule has 0 saturated heterocycles. The molecule has 7 nitrogen and oxygen atoms in total. The van der Waals surface area contributed by atoms with E-state index in [4.69, 9.17) is 10.5 Å². The van der Waals surface area contributed by atoms with E-state index >= 15 is 0 Å². The highest BCUT2D eigenvalue weighted by Crippen LogP contribution is 2.41. The summed E-state index contributed by atoms with van der Waals surface area (Å²) in [5, 5.41) is 15.1. The lowest BCUT2D eigenvalue weighted by molar-refractivity contribution is -0.0502. The van der Waals surface area contributed by atoms with Crippen molar-refractivity contribution in [1.29, 1.82) is 0 Å². The number of phenols is 1. The summed E-state index contributed by atoms with van der Waals surface area (Å²) < 4.78 is 37.4. The van der Waals surface area contributed by atoms with Gasteiger partial charge in [0, 0.05) is 17.1 Å². The molecule has 1 heterocycles. The molecule has 142 valence electrons. The van der Waals surface area contributed by atoms with Gasteiger partial charge in [-0.15, -0.1) is 0 Å². The van der Waals surface area contributed by atoms with Crippen LogP contribution in [0.25, 0.3) is 22.2 Å². The third-order valence-electron chi connectivity index (χ3n) is 3.90. The Morgan fingerprint density at radius 3 is 2.56 bits per heavy atom. The first kappa shape index (κ1) is 18.9. The number of fused-ring (bicyclic) bond motifs is 1. The van der Waals surface area contributed by atoms with Gasteiger partial charge in [-0.2, -0.15) is 13.9 Å². The van der Waals surface area contributed by atoms with E-state index in [0.717, 1.165) is 0 Å². The number of rotatable bonds is 5. The SMILES string of the molecule is COc1cc(-c2c3c(O)cc(Br)cc3nn2C)cc(OC(F)F)c1C(N)=O. The quantitative estimate of drug-likeness (QED) is 0.631. The summed E-state index contributed by atoms with van der Waals surface area (Å²) in [4.78, 5) is 11.7. The Kier molecular flexibility index (Phi) is 4.92. The van der Waals surface area contributed by atoms with Crippen LogP contribution in [0.3, 0.4) is 0 Å². The summed E-state index contributed by atoms with van der Waals surface area (Å²) in [6.45, 7) is -3.17. The molecule has 27 heavy (non-hydrogen) atoms. The van der Waals surface area contributed by atoms with Gasteiger partial charge in [0.25, 0.3) is 5.91 Å². The van der Waals surface area contributed by atoms with Gasteiger partial charge >= 0.3 is 6.61 Å². The van der Waals surface area contributed by atoms with Crippen molar-refractivity contribution in [1.82, 2.24) is 9.78 Å². The minimum Gasteiger partial charge on any atom is -0.507 e. The van der Waals surface area contributed by atoms with Crippen LogP contribution in [0.4, 0.5) is 8.78 Å². The largest absolute Gasteiger partial charge is 0.507 e. The average Bonchev–Trinajstić information content (AvgIpc) is 2.89. The van der Waals surface area contributed by atoms with Crippen LogP contribution in [0.15, 0.2) is 28.7 Å². The lowest BCUT2D eigenvalue weighted by Gasteiger charge is -2.15. The number of aryl methyl sites for hydroxylation is 1. The number of halogens is 3. The molecule has 3 rings (SSSR count). The number of benzene rings is 2. The monoisotopic (exact) mass is 441 g/mol. The maximum absolute atomic E-state index is 12.8. The highest BCUT2D eigenvalue weighted by molar-refractivity contribution is 9.10. The molecule has 0 spiro atoms. The van der Waals surface area contributed by atoms with Gasteiger partial charge in [0.15, 0.2) is 0 Å². The molecule has 2 aromatic carbocycles. The number of aromatic nitrogens is 2. The molecule has 1 aromatic heterocycles. The Balaban J connectivity index is 2.34. The maximum Gasteiger partial charge on any atom is 0.387 e. The normalized spacial score (nSPS) is 11.2. The molecular formula is C17H14BrF2N3O4. The van der Waals surface area contributed by atoms with Gasteiger partial charge in [-0.1, -0.05) is 15.9 Å². The lowest BCUT2D eigenvalue weighted by atomic mass is 10.0. The van der Waals surface area contributed by atoms with E-state index in [2.05, 4.69) is 25.8 Å². The topological polar surface area (TPSA) is 99.6 Å². The van der Waals surface area contributed by atoms with Gasteiger partial charge in [0.1, 0.15) is 22.8 Å². The van der Waals surface area contributed by atoms with Crippen molar-refractivity contribution in [3.8, 4) is 28.5 Å². The summed E-state index contributed by atoms with van der Waals surface area (Å²) in [5.74, 6) is -1.51. The van der Waals surface area contributed by atoms with E-state index in [-0.39, 0.29) is 17.1 Å². The van der Waals surface area contributed by atoms with Crippen LogP contribution in [0.2, 0.25) is 0 Å². The van der Waals surface area contributed by atoms with Crippen molar-refractivity contribution in [2.45, 2.75) is 6.61 Å². The highest BCUT2D eigenvalue weighted by atomic mass is 79.9. The number of methoxy groups -OCH3 is 1. The third-order valence-corrected chi connectivity index (χ3v) is 4.36. The summed E-state index contributed by atoms with van der Waals surface area (Å²) in [7, 11) is 2.90.